The summed E-state index contributed by atoms with van der Waals surface area (Å²) in [4.78, 5) is 10.8. The molecule has 1 rings (SSSR count). The van der Waals surface area contributed by atoms with Crippen LogP contribution >= 0.6 is 27.5 Å². The fraction of sp³-hybridized carbons (Fsp3) is 0.100. The molecule has 0 unspecified atom stereocenters. The van der Waals surface area contributed by atoms with E-state index in [1.807, 2.05) is 0 Å². The van der Waals surface area contributed by atoms with Crippen molar-refractivity contribution in [3.05, 3.63) is 40.0 Å². The number of esters is 1. The van der Waals surface area contributed by atoms with E-state index in [4.69, 9.17) is 11.6 Å². The molecule has 0 bridgehead atoms. The third-order valence-electron chi connectivity index (χ3n) is 1.59. The van der Waals surface area contributed by atoms with Gasteiger partial charge in [0.15, 0.2) is 0 Å². The van der Waals surface area contributed by atoms with E-state index >= 15 is 0 Å². The molecule has 5 heteroatoms. The number of anilines is 1. The van der Waals surface area contributed by atoms with E-state index in [1.165, 1.54) is 19.4 Å². The molecule has 0 radical (unpaired) electrons. The summed E-state index contributed by atoms with van der Waals surface area (Å²) < 4.78 is 5.26. The van der Waals surface area contributed by atoms with Crippen LogP contribution in [0.5, 0.6) is 0 Å². The molecule has 0 saturated carbocycles. The van der Waals surface area contributed by atoms with Crippen molar-refractivity contribution < 1.29 is 9.53 Å². The standard InChI is InChI=1S/C10H9BrClNO2/c1-15-10(14)4-5-13-9-3-2-7(12)6-8(9)11/h2-6,13H,1H3/b5-4+. The normalized spacial score (nSPS) is 10.3. The van der Waals surface area contributed by atoms with Crippen LogP contribution in [0.1, 0.15) is 0 Å². The Labute approximate surface area is 101 Å². The molecular weight excluding hydrogens is 281 g/mol. The lowest BCUT2D eigenvalue weighted by Gasteiger charge is -2.03. The highest BCUT2D eigenvalue weighted by molar-refractivity contribution is 9.10. The van der Waals surface area contributed by atoms with Crippen LogP contribution in [0.15, 0.2) is 34.9 Å². The number of rotatable bonds is 3. The number of methoxy groups -OCH3 is 1. The molecule has 0 aromatic heterocycles. The van der Waals surface area contributed by atoms with Crippen LogP contribution in [0.25, 0.3) is 0 Å². The van der Waals surface area contributed by atoms with E-state index in [0.29, 0.717) is 5.02 Å². The Morgan fingerprint density at radius 2 is 2.33 bits per heavy atom. The minimum atomic E-state index is -0.410. The summed E-state index contributed by atoms with van der Waals surface area (Å²) in [5.41, 5.74) is 0.819. The minimum Gasteiger partial charge on any atom is -0.466 e. The average Bonchev–Trinajstić information content (AvgIpc) is 2.21. The zero-order valence-corrected chi connectivity index (χ0v) is 10.3. The van der Waals surface area contributed by atoms with Crippen molar-refractivity contribution in [2.75, 3.05) is 12.4 Å². The summed E-state index contributed by atoms with van der Waals surface area (Å²) in [6.07, 6.45) is 2.79. The first kappa shape index (κ1) is 12.1. The van der Waals surface area contributed by atoms with Crippen LogP contribution in [0.3, 0.4) is 0 Å². The highest BCUT2D eigenvalue weighted by atomic mass is 79.9. The quantitative estimate of drug-likeness (QED) is 0.686. The van der Waals surface area contributed by atoms with Gasteiger partial charge >= 0.3 is 5.97 Å². The summed E-state index contributed by atoms with van der Waals surface area (Å²) in [6, 6.07) is 5.31. The molecular formula is C10H9BrClNO2. The number of halogens is 2. The fourth-order valence-corrected chi connectivity index (χ4v) is 1.67. The first-order valence-corrected chi connectivity index (χ1v) is 5.26. The number of ether oxygens (including phenoxy) is 1. The maximum atomic E-state index is 10.8. The topological polar surface area (TPSA) is 38.3 Å². The lowest BCUT2D eigenvalue weighted by atomic mass is 10.3. The van der Waals surface area contributed by atoms with Crippen LogP contribution in [-0.2, 0) is 9.53 Å². The Hall–Kier alpha value is -1.000. The number of carbonyl (C=O) groups is 1. The van der Waals surface area contributed by atoms with Gasteiger partial charge in [0.05, 0.1) is 12.8 Å². The second-order valence-corrected chi connectivity index (χ2v) is 3.92. The number of carbonyl (C=O) groups excluding carboxylic acids is 1. The van der Waals surface area contributed by atoms with Crippen molar-refractivity contribution in [2.24, 2.45) is 0 Å². The van der Waals surface area contributed by atoms with Crippen molar-refractivity contribution in [1.82, 2.24) is 0 Å². The number of benzene rings is 1. The third kappa shape index (κ3) is 3.93. The summed E-state index contributed by atoms with van der Waals surface area (Å²) >= 11 is 9.11. The monoisotopic (exact) mass is 289 g/mol. The predicted octanol–water partition coefficient (Wildman–Crippen LogP) is 3.20. The molecule has 80 valence electrons. The smallest absolute Gasteiger partial charge is 0.331 e. The van der Waals surface area contributed by atoms with E-state index in [1.54, 1.807) is 18.2 Å². The van der Waals surface area contributed by atoms with Gasteiger partial charge in [-0.25, -0.2) is 4.79 Å². The highest BCUT2D eigenvalue weighted by Gasteiger charge is 1.98. The molecule has 0 aliphatic heterocycles. The second-order valence-electron chi connectivity index (χ2n) is 2.62. The van der Waals surface area contributed by atoms with E-state index < -0.39 is 5.97 Å². The zero-order chi connectivity index (χ0) is 11.3. The van der Waals surface area contributed by atoms with Crippen molar-refractivity contribution in [2.45, 2.75) is 0 Å². The van der Waals surface area contributed by atoms with Crippen LogP contribution in [0.2, 0.25) is 5.02 Å². The second kappa shape index (κ2) is 5.78. The van der Waals surface area contributed by atoms with Crippen LogP contribution < -0.4 is 5.32 Å². The Morgan fingerprint density at radius 1 is 1.60 bits per heavy atom. The molecule has 15 heavy (non-hydrogen) atoms. The van der Waals surface area contributed by atoms with Gasteiger partial charge in [0.1, 0.15) is 0 Å². The van der Waals surface area contributed by atoms with Gasteiger partial charge in [-0.2, -0.15) is 0 Å². The Balaban J connectivity index is 2.65. The summed E-state index contributed by atoms with van der Waals surface area (Å²) in [6.45, 7) is 0. The molecule has 1 aromatic rings. The molecule has 1 aromatic carbocycles. The Bertz CT molecular complexity index is 393. The molecule has 1 N–H and O–H groups in total. The van der Waals surface area contributed by atoms with Gasteiger partial charge in [0.2, 0.25) is 0 Å². The fourth-order valence-electron chi connectivity index (χ4n) is 0.874. The Morgan fingerprint density at radius 3 is 2.93 bits per heavy atom. The largest absolute Gasteiger partial charge is 0.466 e. The molecule has 0 atom stereocenters. The molecule has 0 aliphatic carbocycles. The van der Waals surface area contributed by atoms with Gasteiger partial charge in [-0.15, -0.1) is 0 Å². The average molecular weight is 291 g/mol. The summed E-state index contributed by atoms with van der Waals surface area (Å²) in [5.74, 6) is -0.410. The van der Waals surface area contributed by atoms with E-state index in [0.717, 1.165) is 10.2 Å². The third-order valence-corrected chi connectivity index (χ3v) is 2.48. The summed E-state index contributed by atoms with van der Waals surface area (Å²) in [7, 11) is 1.32. The zero-order valence-electron chi connectivity index (χ0n) is 7.96. The van der Waals surface area contributed by atoms with E-state index in [-0.39, 0.29) is 0 Å². The van der Waals surface area contributed by atoms with Gasteiger partial charge < -0.3 is 10.1 Å². The first-order chi connectivity index (χ1) is 7.13. The molecule has 0 heterocycles. The van der Waals surface area contributed by atoms with Crippen LogP contribution in [0.4, 0.5) is 5.69 Å². The van der Waals surface area contributed by atoms with Gasteiger partial charge in [0.25, 0.3) is 0 Å². The molecule has 0 aliphatic rings. The highest BCUT2D eigenvalue weighted by Crippen LogP contribution is 2.25. The molecule has 0 saturated heterocycles. The molecule has 0 spiro atoms. The van der Waals surface area contributed by atoms with Gasteiger partial charge in [0, 0.05) is 21.8 Å². The number of hydrogen-bond acceptors (Lipinski definition) is 3. The lowest BCUT2D eigenvalue weighted by molar-refractivity contribution is -0.134. The Kier molecular flexibility index (Phi) is 4.65. The maximum absolute atomic E-state index is 10.8. The maximum Gasteiger partial charge on any atom is 0.331 e. The first-order valence-electron chi connectivity index (χ1n) is 4.09. The van der Waals surface area contributed by atoms with Gasteiger partial charge in [-0.1, -0.05) is 11.6 Å². The van der Waals surface area contributed by atoms with Crippen molar-refractivity contribution in [1.29, 1.82) is 0 Å². The van der Waals surface area contributed by atoms with E-state index in [9.17, 15) is 4.79 Å². The van der Waals surface area contributed by atoms with Gasteiger partial charge in [-0.3, -0.25) is 0 Å². The molecule has 3 nitrogen and oxygen atoms in total. The van der Waals surface area contributed by atoms with Gasteiger partial charge in [-0.05, 0) is 34.1 Å². The number of nitrogens with one attached hydrogen (secondary N) is 1. The van der Waals surface area contributed by atoms with Crippen molar-refractivity contribution in [3.63, 3.8) is 0 Å². The van der Waals surface area contributed by atoms with Crippen LogP contribution in [0, 0.1) is 0 Å². The number of hydrogen-bond donors (Lipinski definition) is 1. The minimum absolute atomic E-state index is 0.410. The van der Waals surface area contributed by atoms with E-state index in [2.05, 4.69) is 26.0 Å². The predicted molar refractivity (Wildman–Crippen MR) is 63.9 cm³/mol. The lowest BCUT2D eigenvalue weighted by Crippen LogP contribution is -1.96. The molecule has 0 fully saturated rings. The van der Waals surface area contributed by atoms with Crippen LogP contribution in [-0.4, -0.2) is 13.1 Å². The molecule has 0 amide bonds. The van der Waals surface area contributed by atoms with Crippen molar-refractivity contribution >= 4 is 39.2 Å². The summed E-state index contributed by atoms with van der Waals surface area (Å²) in [5, 5.41) is 3.56. The van der Waals surface area contributed by atoms with Crippen molar-refractivity contribution in [3.8, 4) is 0 Å². The SMILES string of the molecule is COC(=O)/C=C/Nc1ccc(Cl)cc1Br.